The number of thiophene rings is 1. The summed E-state index contributed by atoms with van der Waals surface area (Å²) >= 11 is 2.80. The number of unbranched alkanes of at least 4 members (excludes halogenated alkanes) is 1. The summed E-state index contributed by atoms with van der Waals surface area (Å²) in [5, 5.41) is 0.763. The standard InChI is InChI=1S/C21H31N3O4S3/c1-6-8-10-24-20(26)17-13(3)14(4)29-18(17)22-21(24)30-15(5)19(25)23(7-2)16-9-11-31(27,28)12-16/h15-16H,6-12H2,1-5H3. The number of nitrogens with zero attached hydrogens (tertiary/aromatic N) is 3. The zero-order chi connectivity index (χ0) is 22.9. The van der Waals surface area contributed by atoms with Crippen molar-refractivity contribution in [3.63, 3.8) is 0 Å². The molecule has 2 aromatic heterocycles. The van der Waals surface area contributed by atoms with Crippen LogP contribution in [-0.4, -0.2) is 58.1 Å². The van der Waals surface area contributed by atoms with Crippen molar-refractivity contribution in [1.82, 2.24) is 14.5 Å². The number of sulfone groups is 1. The van der Waals surface area contributed by atoms with Gasteiger partial charge in [-0.3, -0.25) is 14.2 Å². The van der Waals surface area contributed by atoms with Crippen molar-refractivity contribution in [2.75, 3.05) is 18.1 Å². The average Bonchev–Trinajstić information content (AvgIpc) is 3.20. The highest BCUT2D eigenvalue weighted by Gasteiger charge is 2.35. The monoisotopic (exact) mass is 485 g/mol. The van der Waals surface area contributed by atoms with Crippen LogP contribution in [0.25, 0.3) is 10.2 Å². The predicted octanol–water partition coefficient (Wildman–Crippen LogP) is 3.39. The van der Waals surface area contributed by atoms with Crippen LogP contribution >= 0.6 is 23.1 Å². The fourth-order valence-corrected chi connectivity index (χ4v) is 7.78. The van der Waals surface area contributed by atoms with Crippen molar-refractivity contribution in [2.24, 2.45) is 0 Å². The molecule has 0 saturated carbocycles. The molecule has 7 nitrogen and oxygen atoms in total. The predicted molar refractivity (Wildman–Crippen MR) is 128 cm³/mol. The lowest BCUT2D eigenvalue weighted by molar-refractivity contribution is -0.131. The summed E-state index contributed by atoms with van der Waals surface area (Å²) in [7, 11) is -3.07. The smallest absolute Gasteiger partial charge is 0.263 e. The molecule has 1 saturated heterocycles. The number of carbonyl (C=O) groups is 1. The molecule has 3 rings (SSSR count). The van der Waals surface area contributed by atoms with E-state index in [1.54, 1.807) is 9.47 Å². The maximum absolute atomic E-state index is 13.3. The Hall–Kier alpha value is -1.39. The van der Waals surface area contributed by atoms with E-state index in [1.165, 1.54) is 23.1 Å². The number of fused-ring (bicyclic) bond motifs is 1. The van der Waals surface area contributed by atoms with Crippen molar-refractivity contribution < 1.29 is 13.2 Å². The highest BCUT2D eigenvalue weighted by molar-refractivity contribution is 8.00. The van der Waals surface area contributed by atoms with Crippen LogP contribution in [0.2, 0.25) is 0 Å². The maximum atomic E-state index is 13.3. The number of amides is 1. The van der Waals surface area contributed by atoms with Crippen LogP contribution in [0.1, 0.15) is 50.5 Å². The van der Waals surface area contributed by atoms with E-state index in [1.807, 2.05) is 27.7 Å². The van der Waals surface area contributed by atoms with E-state index < -0.39 is 15.1 Å². The average molecular weight is 486 g/mol. The van der Waals surface area contributed by atoms with Gasteiger partial charge in [-0.1, -0.05) is 25.1 Å². The van der Waals surface area contributed by atoms with Crippen molar-refractivity contribution in [2.45, 2.75) is 76.9 Å². The fourth-order valence-electron chi connectivity index (χ4n) is 3.97. The number of carbonyl (C=O) groups excluding carboxylic acids is 1. The fraction of sp³-hybridized carbons (Fsp3) is 0.667. The largest absolute Gasteiger partial charge is 0.338 e. The third kappa shape index (κ3) is 5.01. The van der Waals surface area contributed by atoms with Gasteiger partial charge in [-0.2, -0.15) is 0 Å². The molecule has 1 aliphatic rings. The van der Waals surface area contributed by atoms with Crippen LogP contribution in [0.3, 0.4) is 0 Å². The van der Waals surface area contributed by atoms with Gasteiger partial charge in [0.15, 0.2) is 15.0 Å². The second-order valence-electron chi connectivity index (χ2n) is 8.11. The number of thioether (sulfide) groups is 1. The van der Waals surface area contributed by atoms with Crippen molar-refractivity contribution in [3.8, 4) is 0 Å². The topological polar surface area (TPSA) is 89.3 Å². The molecule has 0 bridgehead atoms. The Balaban J connectivity index is 1.92. The molecule has 3 heterocycles. The molecular formula is C21H31N3O4S3. The highest BCUT2D eigenvalue weighted by atomic mass is 32.2. The SMILES string of the molecule is CCCCn1c(SC(C)C(=O)N(CC)C2CCS(=O)(=O)C2)nc2sc(C)c(C)c2c1=O. The van der Waals surface area contributed by atoms with Crippen LogP contribution < -0.4 is 5.56 Å². The first kappa shape index (κ1) is 24.3. The summed E-state index contributed by atoms with van der Waals surface area (Å²) in [4.78, 5) is 34.7. The van der Waals surface area contributed by atoms with Gasteiger partial charge in [-0.05, 0) is 46.1 Å². The Morgan fingerprint density at radius 1 is 1.35 bits per heavy atom. The van der Waals surface area contributed by atoms with E-state index in [9.17, 15) is 18.0 Å². The number of rotatable bonds is 8. The molecule has 0 spiro atoms. The normalized spacial score (nSPS) is 19.1. The lowest BCUT2D eigenvalue weighted by atomic mass is 10.2. The van der Waals surface area contributed by atoms with Gasteiger partial charge in [0.2, 0.25) is 5.91 Å². The Labute approximate surface area is 192 Å². The number of aryl methyl sites for hydroxylation is 2. The van der Waals surface area contributed by atoms with Crippen LogP contribution in [-0.2, 0) is 21.2 Å². The van der Waals surface area contributed by atoms with Crippen molar-refractivity contribution in [1.29, 1.82) is 0 Å². The molecule has 0 radical (unpaired) electrons. The Morgan fingerprint density at radius 3 is 2.65 bits per heavy atom. The van der Waals surface area contributed by atoms with E-state index in [2.05, 4.69) is 6.92 Å². The van der Waals surface area contributed by atoms with Crippen LogP contribution in [0, 0.1) is 13.8 Å². The number of hydrogen-bond acceptors (Lipinski definition) is 7. The lowest BCUT2D eigenvalue weighted by Gasteiger charge is -2.29. The minimum Gasteiger partial charge on any atom is -0.338 e. The Kier molecular flexibility index (Phi) is 7.53. The van der Waals surface area contributed by atoms with Gasteiger partial charge < -0.3 is 4.90 Å². The first-order chi connectivity index (χ1) is 14.6. The highest BCUT2D eigenvalue weighted by Crippen LogP contribution is 2.31. The van der Waals surface area contributed by atoms with E-state index in [0.29, 0.717) is 34.9 Å². The first-order valence-electron chi connectivity index (χ1n) is 10.8. The van der Waals surface area contributed by atoms with E-state index in [4.69, 9.17) is 4.98 Å². The molecular weight excluding hydrogens is 454 g/mol. The summed E-state index contributed by atoms with van der Waals surface area (Å²) in [6, 6.07) is -0.272. The van der Waals surface area contributed by atoms with Gasteiger partial charge in [0.25, 0.3) is 5.56 Å². The summed E-state index contributed by atoms with van der Waals surface area (Å²) in [6.07, 6.45) is 2.29. The molecule has 1 amide bonds. The summed E-state index contributed by atoms with van der Waals surface area (Å²) < 4.78 is 25.5. The van der Waals surface area contributed by atoms with Crippen molar-refractivity contribution >= 4 is 49.1 Å². The minimum atomic E-state index is -3.07. The summed E-state index contributed by atoms with van der Waals surface area (Å²) in [5.41, 5.74) is 0.930. The van der Waals surface area contributed by atoms with Gasteiger partial charge in [0, 0.05) is 24.0 Å². The molecule has 1 fully saturated rings. The maximum Gasteiger partial charge on any atom is 0.263 e. The van der Waals surface area contributed by atoms with E-state index >= 15 is 0 Å². The molecule has 0 aromatic carbocycles. The molecule has 2 unspecified atom stereocenters. The summed E-state index contributed by atoms with van der Waals surface area (Å²) in [6.45, 7) is 10.7. The van der Waals surface area contributed by atoms with Crippen molar-refractivity contribution in [3.05, 3.63) is 20.8 Å². The van der Waals surface area contributed by atoms with Gasteiger partial charge >= 0.3 is 0 Å². The van der Waals surface area contributed by atoms with Gasteiger partial charge in [-0.15, -0.1) is 11.3 Å². The van der Waals surface area contributed by atoms with E-state index in [0.717, 1.165) is 23.3 Å². The van der Waals surface area contributed by atoms with Gasteiger partial charge in [0.05, 0.1) is 22.1 Å². The molecule has 31 heavy (non-hydrogen) atoms. The Morgan fingerprint density at radius 2 is 2.06 bits per heavy atom. The second-order valence-corrected chi connectivity index (χ2v) is 12.8. The third-order valence-corrected chi connectivity index (χ3v) is 9.82. The second kappa shape index (κ2) is 9.62. The molecule has 10 heteroatoms. The van der Waals surface area contributed by atoms with Crippen LogP contribution in [0.4, 0.5) is 0 Å². The van der Waals surface area contributed by atoms with Crippen LogP contribution in [0.15, 0.2) is 9.95 Å². The third-order valence-electron chi connectivity index (χ3n) is 5.89. The molecule has 2 atom stereocenters. The zero-order valence-electron chi connectivity index (χ0n) is 18.8. The van der Waals surface area contributed by atoms with Gasteiger partial charge in [-0.25, -0.2) is 13.4 Å². The molecule has 1 aliphatic heterocycles. The number of aromatic nitrogens is 2. The molecule has 0 N–H and O–H groups in total. The molecule has 0 aliphatic carbocycles. The number of hydrogen-bond donors (Lipinski definition) is 0. The quantitative estimate of drug-likeness (QED) is 0.421. The van der Waals surface area contributed by atoms with Gasteiger partial charge in [0.1, 0.15) is 4.83 Å². The molecule has 172 valence electrons. The summed E-state index contributed by atoms with van der Waals surface area (Å²) in [5.74, 6) is 0.0577. The minimum absolute atomic E-state index is 0.0309. The first-order valence-corrected chi connectivity index (χ1v) is 14.3. The van der Waals surface area contributed by atoms with E-state index in [-0.39, 0.29) is 29.0 Å². The zero-order valence-corrected chi connectivity index (χ0v) is 21.3. The lowest BCUT2D eigenvalue weighted by Crippen LogP contribution is -2.44. The Bertz CT molecular complexity index is 1140. The molecule has 2 aromatic rings. The van der Waals surface area contributed by atoms with Crippen LogP contribution in [0.5, 0.6) is 0 Å².